The van der Waals surface area contributed by atoms with E-state index in [1.165, 1.54) is 16.7 Å². The summed E-state index contributed by atoms with van der Waals surface area (Å²) in [4.78, 5) is 0. The van der Waals surface area contributed by atoms with Gasteiger partial charge in [-0.2, -0.15) is 0 Å². The van der Waals surface area contributed by atoms with Gasteiger partial charge in [0.05, 0.1) is 7.11 Å². The zero-order chi connectivity index (χ0) is 16.1. The Labute approximate surface area is 145 Å². The van der Waals surface area contributed by atoms with Crippen LogP contribution in [-0.4, -0.2) is 7.11 Å². The van der Waals surface area contributed by atoms with E-state index in [-0.39, 0.29) is 0 Å². The molecule has 0 atom stereocenters. The number of benzene rings is 3. The van der Waals surface area contributed by atoms with Gasteiger partial charge >= 0.3 is 0 Å². The normalized spacial score (nSPS) is 11.3. The molecule has 1 nitrogen and oxygen atoms in total. The average molecular weight is 365 g/mol. The summed E-state index contributed by atoms with van der Waals surface area (Å²) in [5.74, 6) is 0.868. The standard InChI is InChI=1S/C21H17BrO/c1-23-20-13-7-16(8-14-20)15-21(17-5-3-2-4-6-17)18-9-11-19(22)12-10-18/h2-15H,1H3. The highest BCUT2D eigenvalue weighted by Gasteiger charge is 2.05. The lowest BCUT2D eigenvalue weighted by molar-refractivity contribution is 0.415. The minimum atomic E-state index is 0.868. The number of ether oxygens (including phenoxy) is 1. The molecule has 0 aromatic heterocycles. The Morgan fingerprint density at radius 2 is 1.39 bits per heavy atom. The van der Waals surface area contributed by atoms with Gasteiger partial charge in [-0.25, -0.2) is 0 Å². The average Bonchev–Trinajstić information content (AvgIpc) is 2.62. The maximum atomic E-state index is 5.23. The van der Waals surface area contributed by atoms with Crippen LogP contribution in [0.25, 0.3) is 11.6 Å². The first-order valence-corrected chi connectivity index (χ1v) is 8.23. The molecule has 0 heterocycles. The van der Waals surface area contributed by atoms with E-state index in [2.05, 4.69) is 82.7 Å². The van der Waals surface area contributed by atoms with E-state index in [9.17, 15) is 0 Å². The van der Waals surface area contributed by atoms with Crippen LogP contribution >= 0.6 is 15.9 Å². The second-order valence-electron chi connectivity index (χ2n) is 5.20. The molecule has 0 bridgehead atoms. The van der Waals surface area contributed by atoms with E-state index in [0.29, 0.717) is 0 Å². The van der Waals surface area contributed by atoms with E-state index >= 15 is 0 Å². The van der Waals surface area contributed by atoms with Crippen molar-refractivity contribution in [1.29, 1.82) is 0 Å². The molecule has 23 heavy (non-hydrogen) atoms. The van der Waals surface area contributed by atoms with Gasteiger partial charge in [0.1, 0.15) is 5.75 Å². The molecule has 0 aliphatic heterocycles. The lowest BCUT2D eigenvalue weighted by Crippen LogP contribution is -1.88. The first kappa shape index (κ1) is 15.6. The molecule has 3 aromatic carbocycles. The molecule has 0 amide bonds. The molecule has 0 unspecified atom stereocenters. The summed E-state index contributed by atoms with van der Waals surface area (Å²) >= 11 is 3.50. The topological polar surface area (TPSA) is 9.23 Å². The molecule has 0 radical (unpaired) electrons. The van der Waals surface area contributed by atoms with Crippen molar-refractivity contribution in [3.63, 3.8) is 0 Å². The van der Waals surface area contributed by atoms with Crippen LogP contribution in [0.15, 0.2) is 83.3 Å². The van der Waals surface area contributed by atoms with Crippen molar-refractivity contribution >= 4 is 27.6 Å². The van der Waals surface area contributed by atoms with Crippen molar-refractivity contribution in [3.05, 3.63) is 100 Å². The van der Waals surface area contributed by atoms with Crippen LogP contribution in [-0.2, 0) is 0 Å². The van der Waals surface area contributed by atoms with Crippen LogP contribution in [0.5, 0.6) is 5.75 Å². The smallest absolute Gasteiger partial charge is 0.118 e. The fraction of sp³-hybridized carbons (Fsp3) is 0.0476. The van der Waals surface area contributed by atoms with E-state index < -0.39 is 0 Å². The zero-order valence-corrected chi connectivity index (χ0v) is 14.5. The molecule has 3 rings (SSSR count). The molecule has 0 saturated heterocycles. The minimum absolute atomic E-state index is 0.868. The summed E-state index contributed by atoms with van der Waals surface area (Å²) in [5, 5.41) is 0. The van der Waals surface area contributed by atoms with Crippen molar-refractivity contribution in [2.24, 2.45) is 0 Å². The Hall–Kier alpha value is -2.32. The Morgan fingerprint density at radius 1 is 0.783 bits per heavy atom. The molecule has 2 heteroatoms. The van der Waals surface area contributed by atoms with Gasteiger partial charge in [-0.15, -0.1) is 0 Å². The Bertz CT molecular complexity index is 788. The van der Waals surface area contributed by atoms with Crippen molar-refractivity contribution < 1.29 is 4.74 Å². The van der Waals surface area contributed by atoms with Crippen LogP contribution in [0, 0.1) is 0 Å². The number of hydrogen-bond donors (Lipinski definition) is 0. The number of halogens is 1. The van der Waals surface area contributed by atoms with Crippen LogP contribution in [0.2, 0.25) is 0 Å². The second kappa shape index (κ2) is 7.30. The number of methoxy groups -OCH3 is 1. The lowest BCUT2D eigenvalue weighted by atomic mass is 9.96. The van der Waals surface area contributed by atoms with E-state index in [1.54, 1.807) is 7.11 Å². The van der Waals surface area contributed by atoms with Gasteiger partial charge in [-0.1, -0.05) is 70.5 Å². The minimum Gasteiger partial charge on any atom is -0.497 e. The van der Waals surface area contributed by atoms with Gasteiger partial charge in [-0.05, 0) is 52.6 Å². The monoisotopic (exact) mass is 364 g/mol. The third-order valence-electron chi connectivity index (χ3n) is 3.67. The van der Waals surface area contributed by atoms with Crippen molar-refractivity contribution in [2.45, 2.75) is 0 Å². The highest BCUT2D eigenvalue weighted by atomic mass is 79.9. The van der Waals surface area contributed by atoms with Gasteiger partial charge in [0, 0.05) is 4.47 Å². The van der Waals surface area contributed by atoms with Gasteiger partial charge in [-0.3, -0.25) is 0 Å². The quantitative estimate of drug-likeness (QED) is 0.512. The molecule has 114 valence electrons. The molecule has 0 fully saturated rings. The summed E-state index contributed by atoms with van der Waals surface area (Å²) in [6.45, 7) is 0. The van der Waals surface area contributed by atoms with Crippen LogP contribution < -0.4 is 4.74 Å². The van der Waals surface area contributed by atoms with Crippen LogP contribution in [0.1, 0.15) is 16.7 Å². The van der Waals surface area contributed by atoms with Gasteiger partial charge < -0.3 is 4.74 Å². The summed E-state index contributed by atoms with van der Waals surface area (Å²) in [7, 11) is 1.68. The summed E-state index contributed by atoms with van der Waals surface area (Å²) in [6.07, 6.45) is 2.21. The maximum absolute atomic E-state index is 5.23. The number of rotatable bonds is 4. The SMILES string of the molecule is COc1ccc(C=C(c2ccccc2)c2ccc(Br)cc2)cc1. The fourth-order valence-corrected chi connectivity index (χ4v) is 2.71. The first-order valence-electron chi connectivity index (χ1n) is 7.43. The van der Waals surface area contributed by atoms with Gasteiger partial charge in [0.2, 0.25) is 0 Å². The number of hydrogen-bond acceptors (Lipinski definition) is 1. The van der Waals surface area contributed by atoms with Gasteiger partial charge in [0.15, 0.2) is 0 Å². The Balaban J connectivity index is 2.07. The largest absolute Gasteiger partial charge is 0.497 e. The molecular weight excluding hydrogens is 348 g/mol. The fourth-order valence-electron chi connectivity index (χ4n) is 2.45. The second-order valence-corrected chi connectivity index (χ2v) is 6.12. The third-order valence-corrected chi connectivity index (χ3v) is 4.20. The molecule has 3 aromatic rings. The highest BCUT2D eigenvalue weighted by Crippen LogP contribution is 2.27. The molecule has 0 N–H and O–H groups in total. The first-order chi connectivity index (χ1) is 11.3. The van der Waals surface area contributed by atoms with Crippen molar-refractivity contribution in [2.75, 3.05) is 7.11 Å². The van der Waals surface area contributed by atoms with Crippen molar-refractivity contribution in [1.82, 2.24) is 0 Å². The Morgan fingerprint density at radius 3 is 2.00 bits per heavy atom. The third kappa shape index (κ3) is 3.91. The maximum Gasteiger partial charge on any atom is 0.118 e. The Kier molecular flexibility index (Phi) is 4.94. The molecule has 0 spiro atoms. The van der Waals surface area contributed by atoms with E-state index in [0.717, 1.165) is 15.8 Å². The predicted octanol–water partition coefficient (Wildman–Crippen LogP) is 6.05. The van der Waals surface area contributed by atoms with E-state index in [1.807, 2.05) is 18.2 Å². The molecule has 0 saturated carbocycles. The molecular formula is C21H17BrO. The van der Waals surface area contributed by atoms with Crippen LogP contribution in [0.4, 0.5) is 0 Å². The van der Waals surface area contributed by atoms with E-state index in [4.69, 9.17) is 4.74 Å². The summed E-state index contributed by atoms with van der Waals surface area (Å²) in [5.41, 5.74) is 4.73. The summed E-state index contributed by atoms with van der Waals surface area (Å²) in [6, 6.07) is 26.9. The lowest BCUT2D eigenvalue weighted by Gasteiger charge is -2.09. The van der Waals surface area contributed by atoms with Crippen LogP contribution in [0.3, 0.4) is 0 Å². The van der Waals surface area contributed by atoms with Gasteiger partial charge in [0.25, 0.3) is 0 Å². The molecule has 0 aliphatic carbocycles. The predicted molar refractivity (Wildman–Crippen MR) is 101 cm³/mol. The summed E-state index contributed by atoms with van der Waals surface area (Å²) < 4.78 is 6.31. The zero-order valence-electron chi connectivity index (χ0n) is 12.9. The highest BCUT2D eigenvalue weighted by molar-refractivity contribution is 9.10. The van der Waals surface area contributed by atoms with Crippen molar-refractivity contribution in [3.8, 4) is 5.75 Å². The molecule has 0 aliphatic rings.